The van der Waals surface area contributed by atoms with E-state index in [9.17, 15) is 0 Å². The van der Waals surface area contributed by atoms with Crippen molar-refractivity contribution in [1.29, 1.82) is 10.8 Å². The number of nitrogens with zero attached hydrogens (tertiary/aromatic N) is 3. The quantitative estimate of drug-likeness (QED) is 0.569. The van der Waals surface area contributed by atoms with E-state index >= 15 is 0 Å². The molecule has 3 heterocycles. The minimum absolute atomic E-state index is 0.136. The lowest BCUT2D eigenvalue weighted by atomic mass is 10.0. The van der Waals surface area contributed by atoms with Crippen LogP contribution in [0.3, 0.4) is 0 Å². The summed E-state index contributed by atoms with van der Waals surface area (Å²) in [5.74, 6) is 2.24. The highest BCUT2D eigenvalue weighted by Crippen LogP contribution is 2.40. The first-order valence-corrected chi connectivity index (χ1v) is 10.8. The van der Waals surface area contributed by atoms with Gasteiger partial charge in [-0.2, -0.15) is 5.10 Å². The average Bonchev–Trinajstić information content (AvgIpc) is 3.33. The third-order valence-electron chi connectivity index (χ3n) is 6.55. The van der Waals surface area contributed by atoms with E-state index in [1.165, 1.54) is 19.4 Å². The molecule has 2 saturated heterocycles. The Kier molecular flexibility index (Phi) is 6.15. The number of fused-ring (bicyclic) bond motifs is 1. The molecule has 1 unspecified atom stereocenters. The first-order valence-electron chi connectivity index (χ1n) is 10.8. The van der Waals surface area contributed by atoms with Crippen LogP contribution in [0.5, 0.6) is 0 Å². The molecule has 1 saturated carbocycles. The maximum absolute atomic E-state index is 8.19. The van der Waals surface area contributed by atoms with Crippen LogP contribution < -0.4 is 0 Å². The lowest BCUT2D eigenvalue weighted by Gasteiger charge is -2.27. The monoisotopic (exact) mass is 399 g/mol. The Balaban J connectivity index is 1.21. The van der Waals surface area contributed by atoms with Crippen molar-refractivity contribution in [1.82, 2.24) is 14.7 Å². The highest BCUT2D eigenvalue weighted by Gasteiger charge is 2.42. The molecule has 0 aromatic carbocycles. The van der Waals surface area contributed by atoms with Crippen LogP contribution in [0.2, 0.25) is 0 Å². The van der Waals surface area contributed by atoms with Crippen LogP contribution in [-0.4, -0.2) is 65.2 Å². The predicted octanol–water partition coefficient (Wildman–Crippen LogP) is 2.78. The van der Waals surface area contributed by atoms with Gasteiger partial charge in [-0.05, 0) is 56.4 Å². The Bertz CT molecular complexity index is 766. The molecule has 3 fully saturated rings. The number of hydrogen-bond donors (Lipinski definition) is 2. The topological polar surface area (TPSA) is 87.2 Å². The molecule has 29 heavy (non-hydrogen) atoms. The Morgan fingerprint density at radius 1 is 1.28 bits per heavy atom. The van der Waals surface area contributed by atoms with Crippen molar-refractivity contribution in [3.05, 3.63) is 29.6 Å². The van der Waals surface area contributed by atoms with Crippen molar-refractivity contribution in [3.63, 3.8) is 0 Å². The lowest BCUT2D eigenvalue weighted by molar-refractivity contribution is 0.0400. The summed E-state index contributed by atoms with van der Waals surface area (Å²) in [7, 11) is 1.85. The van der Waals surface area contributed by atoms with Crippen LogP contribution in [0.15, 0.2) is 18.3 Å². The van der Waals surface area contributed by atoms with E-state index in [0.717, 1.165) is 50.4 Å². The molecular weight excluding hydrogens is 366 g/mol. The molecule has 4 rings (SSSR count). The SMILES string of the molecule is Cc1nn(C)cc1C(=N)/C=C\C(=N)O[C@@H]1C[C@@H]2CN(CC3CCCOC3)C[C@@H]2C1. The molecule has 7 heteroatoms. The van der Waals surface area contributed by atoms with Gasteiger partial charge in [-0.25, -0.2) is 0 Å². The average molecular weight is 400 g/mol. The normalized spacial score (nSPS) is 30.0. The highest BCUT2D eigenvalue weighted by molar-refractivity contribution is 6.09. The van der Waals surface area contributed by atoms with Crippen molar-refractivity contribution in [3.8, 4) is 0 Å². The van der Waals surface area contributed by atoms with Gasteiger partial charge in [0.25, 0.3) is 0 Å². The summed E-state index contributed by atoms with van der Waals surface area (Å²) >= 11 is 0. The molecule has 0 spiro atoms. The number of hydrogen-bond acceptors (Lipinski definition) is 6. The molecule has 0 radical (unpaired) electrons. The van der Waals surface area contributed by atoms with Gasteiger partial charge in [-0.3, -0.25) is 10.1 Å². The zero-order valence-corrected chi connectivity index (χ0v) is 17.6. The number of likely N-dealkylation sites (tertiary alicyclic amines) is 1. The summed E-state index contributed by atoms with van der Waals surface area (Å²) in [4.78, 5) is 2.62. The third-order valence-corrected chi connectivity index (χ3v) is 6.55. The fourth-order valence-electron chi connectivity index (χ4n) is 5.24. The summed E-state index contributed by atoms with van der Waals surface area (Å²) in [6.07, 6.45) is 9.78. The first-order chi connectivity index (χ1) is 14.0. The molecule has 1 aromatic rings. The first kappa shape index (κ1) is 20.3. The van der Waals surface area contributed by atoms with Crippen LogP contribution in [0.4, 0.5) is 0 Å². The molecule has 4 atom stereocenters. The van der Waals surface area contributed by atoms with E-state index in [2.05, 4.69) is 10.00 Å². The summed E-state index contributed by atoms with van der Waals surface area (Å²) in [5, 5.41) is 20.6. The molecule has 1 aromatic heterocycles. The van der Waals surface area contributed by atoms with Gasteiger partial charge in [0, 0.05) is 51.1 Å². The smallest absolute Gasteiger partial charge is 0.206 e. The van der Waals surface area contributed by atoms with Crippen molar-refractivity contribution in [2.24, 2.45) is 24.8 Å². The number of ether oxygens (including phenoxy) is 2. The van der Waals surface area contributed by atoms with Gasteiger partial charge >= 0.3 is 0 Å². The largest absolute Gasteiger partial charge is 0.475 e. The molecule has 7 nitrogen and oxygen atoms in total. The molecule has 3 aliphatic rings. The van der Waals surface area contributed by atoms with Crippen molar-refractivity contribution >= 4 is 11.6 Å². The Morgan fingerprint density at radius 2 is 2.03 bits per heavy atom. The van der Waals surface area contributed by atoms with Gasteiger partial charge < -0.3 is 19.8 Å². The number of nitrogens with one attached hydrogen (secondary N) is 2. The fraction of sp³-hybridized carbons (Fsp3) is 0.682. The van der Waals surface area contributed by atoms with E-state index in [4.69, 9.17) is 20.3 Å². The van der Waals surface area contributed by atoms with E-state index < -0.39 is 0 Å². The van der Waals surface area contributed by atoms with Crippen molar-refractivity contribution < 1.29 is 9.47 Å². The summed E-state index contributed by atoms with van der Waals surface area (Å²) in [6, 6.07) is 0. The third kappa shape index (κ3) is 4.95. The van der Waals surface area contributed by atoms with Crippen molar-refractivity contribution in [2.75, 3.05) is 32.8 Å². The molecule has 0 amide bonds. The van der Waals surface area contributed by atoms with E-state index in [1.807, 2.05) is 20.2 Å². The minimum atomic E-state index is 0.136. The van der Waals surface area contributed by atoms with Crippen LogP contribution in [0, 0.1) is 35.5 Å². The minimum Gasteiger partial charge on any atom is -0.475 e. The number of aromatic nitrogens is 2. The van der Waals surface area contributed by atoms with Crippen LogP contribution in [-0.2, 0) is 16.5 Å². The zero-order chi connectivity index (χ0) is 20.4. The molecular formula is C22H33N5O2. The van der Waals surface area contributed by atoms with Gasteiger partial charge in [0.15, 0.2) is 0 Å². The second-order valence-electron chi connectivity index (χ2n) is 8.95. The highest BCUT2D eigenvalue weighted by atomic mass is 16.5. The van der Waals surface area contributed by atoms with Crippen LogP contribution in [0.25, 0.3) is 0 Å². The van der Waals surface area contributed by atoms with Gasteiger partial charge in [0.2, 0.25) is 5.90 Å². The maximum atomic E-state index is 8.19. The second kappa shape index (κ2) is 8.79. The van der Waals surface area contributed by atoms with Gasteiger partial charge in [0.05, 0.1) is 18.0 Å². The van der Waals surface area contributed by atoms with E-state index in [0.29, 0.717) is 23.5 Å². The Hall–Kier alpha value is -1.99. The Morgan fingerprint density at radius 3 is 2.66 bits per heavy atom. The maximum Gasteiger partial charge on any atom is 0.206 e. The predicted molar refractivity (Wildman–Crippen MR) is 113 cm³/mol. The fourth-order valence-corrected chi connectivity index (χ4v) is 5.24. The number of allylic oxidation sites excluding steroid dienone is 1. The second-order valence-corrected chi connectivity index (χ2v) is 8.95. The number of aryl methyl sites for hydroxylation is 2. The van der Waals surface area contributed by atoms with Gasteiger partial charge in [0.1, 0.15) is 6.10 Å². The number of rotatable bonds is 6. The molecule has 0 bridgehead atoms. The molecule has 2 aliphatic heterocycles. The summed E-state index contributed by atoms with van der Waals surface area (Å²) in [5.41, 5.74) is 1.97. The van der Waals surface area contributed by atoms with E-state index in [1.54, 1.807) is 16.8 Å². The lowest BCUT2D eigenvalue weighted by Crippen LogP contribution is -2.33. The standard InChI is InChI=1S/C22H33N5O2/c1-15-20(13-26(2)25-15)21(23)5-6-22(24)29-19-8-17-11-27(12-18(17)9-19)10-16-4-3-7-28-14-16/h5-6,13,16-19,23-24H,3-4,7-12,14H2,1-2H3/b6-5-,23-21?,24-22?/t16?,17-,18+,19-. The molecule has 1 aliphatic carbocycles. The summed E-state index contributed by atoms with van der Waals surface area (Å²) < 4.78 is 13.2. The van der Waals surface area contributed by atoms with Crippen LogP contribution in [0.1, 0.15) is 36.9 Å². The van der Waals surface area contributed by atoms with Gasteiger partial charge in [-0.15, -0.1) is 0 Å². The molecule has 2 N–H and O–H groups in total. The Labute approximate surface area is 173 Å². The summed E-state index contributed by atoms with van der Waals surface area (Å²) in [6.45, 7) is 7.25. The zero-order valence-electron chi connectivity index (χ0n) is 17.6. The van der Waals surface area contributed by atoms with E-state index in [-0.39, 0.29) is 12.0 Å². The van der Waals surface area contributed by atoms with Gasteiger partial charge in [-0.1, -0.05) is 0 Å². The van der Waals surface area contributed by atoms with Crippen molar-refractivity contribution in [2.45, 2.75) is 38.7 Å². The molecule has 158 valence electrons. The van der Waals surface area contributed by atoms with Crippen LogP contribution >= 0.6 is 0 Å².